The predicted octanol–water partition coefficient (Wildman–Crippen LogP) is 1.79. The van der Waals surface area contributed by atoms with Crippen molar-refractivity contribution in [1.82, 2.24) is 15.1 Å². The molecule has 144 valence electrons. The topological polar surface area (TPSA) is 61.9 Å². The van der Waals surface area contributed by atoms with Crippen molar-refractivity contribution >= 4 is 24.2 Å². The molecule has 1 aromatic rings. The van der Waals surface area contributed by atoms with E-state index in [1.807, 2.05) is 17.0 Å². The van der Waals surface area contributed by atoms with Crippen LogP contribution in [0.3, 0.4) is 0 Å². The van der Waals surface area contributed by atoms with Crippen LogP contribution in [0.2, 0.25) is 0 Å². The average Bonchev–Trinajstić information content (AvgIpc) is 3.08. The zero-order valence-corrected chi connectivity index (χ0v) is 16.3. The second kappa shape index (κ2) is 8.73. The highest BCUT2D eigenvalue weighted by Crippen LogP contribution is 2.37. The third-order valence-electron chi connectivity index (χ3n) is 5.41. The van der Waals surface area contributed by atoms with Crippen LogP contribution in [0.1, 0.15) is 29.6 Å². The number of likely N-dealkylation sites (N-methyl/N-ethyl adjacent to an activating group) is 1. The van der Waals surface area contributed by atoms with Gasteiger partial charge in [-0.3, -0.25) is 9.59 Å². The summed E-state index contributed by atoms with van der Waals surface area (Å²) < 4.78 is 5.62. The number of nitrogens with zero attached hydrogens (tertiary/aromatic N) is 2. The summed E-state index contributed by atoms with van der Waals surface area (Å²) in [7, 11) is 3.37. The largest absolute Gasteiger partial charge is 0.483 e. The fraction of sp³-hybridized carbons (Fsp3) is 0.579. The quantitative estimate of drug-likeness (QED) is 0.863. The number of rotatable bonds is 4. The molecule has 0 bridgehead atoms. The van der Waals surface area contributed by atoms with Crippen molar-refractivity contribution in [2.24, 2.45) is 5.41 Å². The first-order chi connectivity index (χ1) is 12.0. The van der Waals surface area contributed by atoms with Gasteiger partial charge in [0.25, 0.3) is 11.8 Å². The average molecular weight is 382 g/mol. The number of benzene rings is 1. The molecule has 0 radical (unpaired) electrons. The zero-order valence-electron chi connectivity index (χ0n) is 15.5. The van der Waals surface area contributed by atoms with Gasteiger partial charge in [-0.1, -0.05) is 12.1 Å². The molecule has 2 saturated heterocycles. The summed E-state index contributed by atoms with van der Waals surface area (Å²) in [6.45, 7) is 3.66. The molecule has 2 heterocycles. The van der Waals surface area contributed by atoms with Gasteiger partial charge in [0.1, 0.15) is 5.75 Å². The van der Waals surface area contributed by atoms with Crippen LogP contribution in [0, 0.1) is 5.41 Å². The molecule has 3 rings (SSSR count). The van der Waals surface area contributed by atoms with Crippen LogP contribution in [-0.4, -0.2) is 68.5 Å². The highest BCUT2D eigenvalue weighted by Gasteiger charge is 2.38. The van der Waals surface area contributed by atoms with E-state index in [-0.39, 0.29) is 30.8 Å². The molecule has 0 aliphatic carbocycles. The Balaban J connectivity index is 0.00000243. The van der Waals surface area contributed by atoms with E-state index in [1.54, 1.807) is 26.2 Å². The number of nitrogens with one attached hydrogen (secondary N) is 1. The predicted molar refractivity (Wildman–Crippen MR) is 103 cm³/mol. The smallest absolute Gasteiger partial charge is 0.259 e. The second-order valence-electron chi connectivity index (χ2n) is 7.29. The van der Waals surface area contributed by atoms with Crippen LogP contribution in [0.25, 0.3) is 0 Å². The summed E-state index contributed by atoms with van der Waals surface area (Å²) in [5.74, 6) is 0.343. The fourth-order valence-electron chi connectivity index (χ4n) is 3.61. The van der Waals surface area contributed by atoms with Crippen LogP contribution in [0.4, 0.5) is 0 Å². The van der Waals surface area contributed by atoms with Crippen LogP contribution in [0.5, 0.6) is 5.75 Å². The van der Waals surface area contributed by atoms with Crippen molar-refractivity contribution in [2.45, 2.75) is 19.3 Å². The number of carbonyl (C=O) groups excluding carboxylic acids is 2. The molecule has 2 amide bonds. The molecule has 6 nitrogen and oxygen atoms in total. The van der Waals surface area contributed by atoms with Crippen LogP contribution < -0.4 is 10.1 Å². The van der Waals surface area contributed by atoms with E-state index in [0.29, 0.717) is 16.7 Å². The van der Waals surface area contributed by atoms with Crippen molar-refractivity contribution in [2.75, 3.05) is 46.9 Å². The van der Waals surface area contributed by atoms with Crippen molar-refractivity contribution in [3.63, 3.8) is 0 Å². The lowest BCUT2D eigenvalue weighted by molar-refractivity contribution is -0.130. The molecule has 2 aliphatic rings. The lowest BCUT2D eigenvalue weighted by Crippen LogP contribution is -2.44. The Bertz CT molecular complexity index is 635. The summed E-state index contributed by atoms with van der Waals surface area (Å²) in [5, 5.41) is 3.44. The molecule has 0 atom stereocenters. The fourth-order valence-corrected chi connectivity index (χ4v) is 3.61. The van der Waals surface area contributed by atoms with Gasteiger partial charge in [-0.05, 0) is 43.4 Å². The van der Waals surface area contributed by atoms with Gasteiger partial charge < -0.3 is 19.9 Å². The van der Waals surface area contributed by atoms with Gasteiger partial charge in [0.15, 0.2) is 6.61 Å². The Morgan fingerprint density at radius 1 is 1.19 bits per heavy atom. The van der Waals surface area contributed by atoms with Crippen LogP contribution >= 0.6 is 12.4 Å². The summed E-state index contributed by atoms with van der Waals surface area (Å²) >= 11 is 0. The molecule has 1 aromatic carbocycles. The Kier molecular flexibility index (Phi) is 6.89. The lowest BCUT2D eigenvalue weighted by atomic mass is 9.78. The van der Waals surface area contributed by atoms with Gasteiger partial charge in [-0.25, -0.2) is 0 Å². The van der Waals surface area contributed by atoms with E-state index in [2.05, 4.69) is 5.32 Å². The maximum atomic E-state index is 12.9. The zero-order chi connectivity index (χ0) is 17.9. The number of hydrogen-bond donors (Lipinski definition) is 1. The first-order valence-electron chi connectivity index (χ1n) is 8.93. The molecule has 7 heteroatoms. The summed E-state index contributed by atoms with van der Waals surface area (Å²) in [5.41, 5.74) is 0.917. The number of carbonyl (C=O) groups is 2. The first kappa shape index (κ1) is 20.5. The minimum atomic E-state index is -0.129. The monoisotopic (exact) mass is 381 g/mol. The van der Waals surface area contributed by atoms with E-state index < -0.39 is 0 Å². The van der Waals surface area contributed by atoms with Gasteiger partial charge in [-0.2, -0.15) is 0 Å². The number of ether oxygens (including phenoxy) is 1. The molecule has 2 fully saturated rings. The Hall–Kier alpha value is -1.79. The minimum Gasteiger partial charge on any atom is -0.483 e. The highest BCUT2D eigenvalue weighted by molar-refractivity contribution is 5.97. The Morgan fingerprint density at radius 3 is 2.50 bits per heavy atom. The summed E-state index contributed by atoms with van der Waals surface area (Å²) in [6, 6.07) is 7.18. The van der Waals surface area contributed by atoms with Gasteiger partial charge in [0, 0.05) is 33.7 Å². The van der Waals surface area contributed by atoms with E-state index in [4.69, 9.17) is 4.74 Å². The molecule has 26 heavy (non-hydrogen) atoms. The second-order valence-corrected chi connectivity index (χ2v) is 7.29. The van der Waals surface area contributed by atoms with Crippen LogP contribution in [0.15, 0.2) is 24.3 Å². The van der Waals surface area contributed by atoms with Gasteiger partial charge in [-0.15, -0.1) is 12.4 Å². The highest BCUT2D eigenvalue weighted by atomic mass is 35.5. The van der Waals surface area contributed by atoms with Crippen molar-refractivity contribution < 1.29 is 14.3 Å². The third kappa shape index (κ3) is 4.48. The maximum Gasteiger partial charge on any atom is 0.259 e. The number of amides is 2. The summed E-state index contributed by atoms with van der Waals surface area (Å²) in [4.78, 5) is 28.1. The Labute approximate surface area is 161 Å². The van der Waals surface area contributed by atoms with Gasteiger partial charge >= 0.3 is 0 Å². The third-order valence-corrected chi connectivity index (χ3v) is 5.41. The number of piperidine rings is 1. The number of para-hydroxylation sites is 1. The normalized spacial score (nSPS) is 18.3. The van der Waals surface area contributed by atoms with E-state index in [9.17, 15) is 9.59 Å². The molecule has 0 aromatic heterocycles. The SMILES string of the molecule is CN(C)C(=O)COc1ccccc1C(=O)N1CCC2(CCNC2)CC1.Cl. The molecule has 0 saturated carbocycles. The first-order valence-corrected chi connectivity index (χ1v) is 8.93. The van der Waals surface area contributed by atoms with Gasteiger partial charge in [0.2, 0.25) is 0 Å². The van der Waals surface area contributed by atoms with Crippen molar-refractivity contribution in [3.05, 3.63) is 29.8 Å². The molecular formula is C19H28ClN3O3. The molecule has 0 unspecified atom stereocenters. The lowest BCUT2D eigenvalue weighted by Gasteiger charge is -2.39. The molecule has 2 aliphatic heterocycles. The molecule has 1 spiro atoms. The number of likely N-dealkylation sites (tertiary alicyclic amines) is 1. The number of halogens is 1. The Morgan fingerprint density at radius 2 is 1.88 bits per heavy atom. The van der Waals surface area contributed by atoms with E-state index in [0.717, 1.165) is 39.0 Å². The standard InChI is InChI=1S/C19H27N3O3.ClH/c1-21(2)17(23)13-25-16-6-4-3-5-15(16)18(24)22-11-8-19(9-12-22)7-10-20-14-19;/h3-6,20H,7-14H2,1-2H3;1H. The van der Waals surface area contributed by atoms with Crippen molar-refractivity contribution in [1.29, 1.82) is 0 Å². The number of hydrogen-bond acceptors (Lipinski definition) is 4. The van der Waals surface area contributed by atoms with Crippen molar-refractivity contribution in [3.8, 4) is 5.75 Å². The van der Waals surface area contributed by atoms with Gasteiger partial charge in [0.05, 0.1) is 5.56 Å². The minimum absolute atomic E-state index is 0. The molecule has 1 N–H and O–H groups in total. The van der Waals surface area contributed by atoms with E-state index >= 15 is 0 Å². The summed E-state index contributed by atoms with van der Waals surface area (Å²) in [6.07, 6.45) is 3.31. The maximum absolute atomic E-state index is 12.9. The molecular weight excluding hydrogens is 354 g/mol. The van der Waals surface area contributed by atoms with Crippen LogP contribution in [-0.2, 0) is 4.79 Å². The van der Waals surface area contributed by atoms with E-state index in [1.165, 1.54) is 11.3 Å².